The molecule has 4 rings (SSSR count). The molecule has 2 heterocycles. The van der Waals surface area contributed by atoms with Crippen LogP contribution in [0.1, 0.15) is 59.3 Å². The number of ketones is 1. The molecular weight excluding hydrogens is 336 g/mol. The molecule has 2 saturated carbocycles. The molecule has 6 heteroatoms. The maximum Gasteiger partial charge on any atom is 0.167 e. The van der Waals surface area contributed by atoms with Crippen LogP contribution in [0.3, 0.4) is 0 Å². The summed E-state index contributed by atoms with van der Waals surface area (Å²) in [5.74, 6) is -0.928. The molecule has 3 N–H and O–H groups in total. The Kier molecular flexibility index (Phi) is 4.15. The smallest absolute Gasteiger partial charge is 0.167 e. The van der Waals surface area contributed by atoms with Gasteiger partial charge in [-0.2, -0.15) is 0 Å². The summed E-state index contributed by atoms with van der Waals surface area (Å²) in [7, 11) is 0. The molecule has 6 nitrogen and oxygen atoms in total. The van der Waals surface area contributed by atoms with Crippen molar-refractivity contribution in [1.82, 2.24) is 0 Å². The molecule has 8 unspecified atom stereocenters. The molecule has 0 radical (unpaired) electrons. The predicted molar refractivity (Wildman–Crippen MR) is 93.2 cm³/mol. The molecule has 4 aliphatic rings. The van der Waals surface area contributed by atoms with Gasteiger partial charge in [-0.15, -0.1) is 0 Å². The van der Waals surface area contributed by atoms with Crippen LogP contribution in [-0.2, 0) is 14.3 Å². The Morgan fingerprint density at radius 1 is 1.15 bits per heavy atom. The second-order valence-electron chi connectivity index (χ2n) is 9.77. The van der Waals surface area contributed by atoms with E-state index < -0.39 is 40.3 Å². The van der Waals surface area contributed by atoms with Gasteiger partial charge in [0.2, 0.25) is 0 Å². The molecule has 26 heavy (non-hydrogen) atoms. The number of hydrogen-bond donors (Lipinski definition) is 3. The molecule has 2 saturated heterocycles. The molecule has 0 aromatic rings. The molecule has 0 aromatic heterocycles. The Bertz CT molecular complexity index is 609. The summed E-state index contributed by atoms with van der Waals surface area (Å²) < 4.78 is 12.1. The first-order chi connectivity index (χ1) is 12.1. The van der Waals surface area contributed by atoms with Gasteiger partial charge in [0.1, 0.15) is 6.10 Å². The Balaban J connectivity index is 1.80. The van der Waals surface area contributed by atoms with Crippen LogP contribution in [0.5, 0.6) is 0 Å². The van der Waals surface area contributed by atoms with Crippen LogP contribution in [0.15, 0.2) is 0 Å². The lowest BCUT2D eigenvalue weighted by molar-refractivity contribution is -0.262. The van der Waals surface area contributed by atoms with Gasteiger partial charge in [0.25, 0.3) is 0 Å². The second-order valence-corrected chi connectivity index (χ2v) is 9.77. The Labute approximate surface area is 154 Å². The van der Waals surface area contributed by atoms with Gasteiger partial charge in [0.05, 0.1) is 17.8 Å². The first-order valence-corrected chi connectivity index (χ1v) is 9.96. The SMILES string of the molecule is CC1C(=O)C(O)C2C(C)(CO)CCCC2(C)C12CCC1(COC(O)C1)O2. The van der Waals surface area contributed by atoms with Crippen LogP contribution >= 0.6 is 0 Å². The molecule has 2 spiro atoms. The fourth-order valence-electron chi connectivity index (χ4n) is 7.00. The van der Waals surface area contributed by atoms with E-state index in [4.69, 9.17) is 9.47 Å². The lowest BCUT2D eigenvalue weighted by Crippen LogP contribution is -2.70. The highest BCUT2D eigenvalue weighted by Crippen LogP contribution is 2.67. The van der Waals surface area contributed by atoms with Crippen molar-refractivity contribution in [1.29, 1.82) is 0 Å². The van der Waals surface area contributed by atoms with Crippen molar-refractivity contribution in [3.63, 3.8) is 0 Å². The maximum atomic E-state index is 13.1. The van der Waals surface area contributed by atoms with Gasteiger partial charge >= 0.3 is 0 Å². The van der Waals surface area contributed by atoms with Gasteiger partial charge < -0.3 is 24.8 Å². The van der Waals surface area contributed by atoms with E-state index in [0.717, 1.165) is 32.1 Å². The van der Waals surface area contributed by atoms with Gasteiger partial charge in [-0.05, 0) is 31.1 Å². The minimum atomic E-state index is -1.07. The van der Waals surface area contributed by atoms with Gasteiger partial charge in [-0.1, -0.05) is 27.2 Å². The number of fused-ring (bicyclic) bond motifs is 2. The van der Waals surface area contributed by atoms with Crippen molar-refractivity contribution >= 4 is 5.78 Å². The zero-order valence-corrected chi connectivity index (χ0v) is 16.0. The van der Waals surface area contributed by atoms with Gasteiger partial charge in [0.15, 0.2) is 12.1 Å². The number of carbonyl (C=O) groups is 1. The van der Waals surface area contributed by atoms with Crippen LogP contribution in [0.4, 0.5) is 0 Å². The quantitative estimate of drug-likeness (QED) is 0.647. The second kappa shape index (κ2) is 5.74. The van der Waals surface area contributed by atoms with Crippen molar-refractivity contribution in [2.24, 2.45) is 22.7 Å². The lowest BCUT2D eigenvalue weighted by Gasteiger charge is -2.64. The topological polar surface area (TPSA) is 96.2 Å². The first kappa shape index (κ1) is 18.8. The van der Waals surface area contributed by atoms with Gasteiger partial charge in [0, 0.05) is 30.3 Å². The fraction of sp³-hybridized carbons (Fsp3) is 0.950. The van der Waals surface area contributed by atoms with E-state index in [9.17, 15) is 20.1 Å². The minimum absolute atomic E-state index is 0.0466. The molecule has 2 aliphatic carbocycles. The van der Waals surface area contributed by atoms with E-state index in [0.29, 0.717) is 13.0 Å². The van der Waals surface area contributed by atoms with Crippen molar-refractivity contribution in [3.05, 3.63) is 0 Å². The highest BCUT2D eigenvalue weighted by molar-refractivity contribution is 5.88. The third kappa shape index (κ3) is 2.20. The summed E-state index contributed by atoms with van der Waals surface area (Å²) in [6.07, 6.45) is 2.61. The van der Waals surface area contributed by atoms with Crippen LogP contribution in [0, 0.1) is 22.7 Å². The monoisotopic (exact) mass is 368 g/mol. The number of hydrogen-bond acceptors (Lipinski definition) is 6. The van der Waals surface area contributed by atoms with Crippen molar-refractivity contribution in [3.8, 4) is 0 Å². The van der Waals surface area contributed by atoms with Crippen molar-refractivity contribution in [2.75, 3.05) is 13.2 Å². The van der Waals surface area contributed by atoms with Gasteiger partial charge in [-0.3, -0.25) is 4.79 Å². The molecule has 0 amide bonds. The molecule has 0 aromatic carbocycles. The molecule has 148 valence electrons. The fourth-order valence-corrected chi connectivity index (χ4v) is 7.00. The zero-order valence-electron chi connectivity index (χ0n) is 16.0. The number of aliphatic hydroxyl groups excluding tert-OH is 3. The number of aliphatic hydroxyl groups is 3. The largest absolute Gasteiger partial charge is 0.396 e. The minimum Gasteiger partial charge on any atom is -0.396 e. The van der Waals surface area contributed by atoms with Crippen LogP contribution in [0.2, 0.25) is 0 Å². The van der Waals surface area contributed by atoms with E-state index in [1.54, 1.807) is 0 Å². The Hall–Kier alpha value is -0.530. The number of ether oxygens (including phenoxy) is 2. The average molecular weight is 368 g/mol. The number of rotatable bonds is 1. The van der Waals surface area contributed by atoms with Crippen LogP contribution in [-0.4, -0.2) is 57.9 Å². The summed E-state index contributed by atoms with van der Waals surface area (Å²) in [5.41, 5.74) is -2.14. The van der Waals surface area contributed by atoms with E-state index in [1.165, 1.54) is 0 Å². The van der Waals surface area contributed by atoms with E-state index in [-0.39, 0.29) is 18.3 Å². The van der Waals surface area contributed by atoms with Gasteiger partial charge in [-0.25, -0.2) is 0 Å². The molecule has 2 aliphatic heterocycles. The third-order valence-corrected chi connectivity index (χ3v) is 8.38. The molecular formula is C20H32O6. The van der Waals surface area contributed by atoms with E-state index >= 15 is 0 Å². The Morgan fingerprint density at radius 3 is 2.50 bits per heavy atom. The summed E-state index contributed by atoms with van der Waals surface area (Å²) >= 11 is 0. The normalized spacial score (nSPS) is 57.1. The van der Waals surface area contributed by atoms with E-state index in [1.807, 2.05) is 13.8 Å². The highest BCUT2D eigenvalue weighted by atomic mass is 16.6. The predicted octanol–water partition coefficient (Wildman–Crippen LogP) is 1.40. The molecule has 8 atom stereocenters. The van der Waals surface area contributed by atoms with Crippen LogP contribution in [0.25, 0.3) is 0 Å². The molecule has 4 fully saturated rings. The maximum absolute atomic E-state index is 13.1. The lowest BCUT2D eigenvalue weighted by atomic mass is 9.43. The summed E-state index contributed by atoms with van der Waals surface area (Å²) in [6.45, 7) is 6.31. The highest BCUT2D eigenvalue weighted by Gasteiger charge is 2.72. The average Bonchev–Trinajstić information content (AvgIpc) is 3.16. The Morgan fingerprint density at radius 2 is 1.88 bits per heavy atom. The van der Waals surface area contributed by atoms with Crippen molar-refractivity contribution < 1.29 is 29.6 Å². The first-order valence-electron chi connectivity index (χ1n) is 9.96. The van der Waals surface area contributed by atoms with E-state index in [2.05, 4.69) is 6.92 Å². The zero-order chi connectivity index (χ0) is 19.0. The summed E-state index contributed by atoms with van der Waals surface area (Å²) in [6, 6.07) is 0. The standard InChI is InChI=1S/C20H32O6/c1-12-14(23)15(24)16-17(2,10-21)5-4-6-18(16,3)20(12)8-7-19(26-20)9-13(22)25-11-19/h12-13,15-16,21-22,24H,4-11H2,1-3H3. The molecule has 0 bridgehead atoms. The number of Topliss-reactive ketones (excluding diaryl/α,β-unsaturated/α-hetero) is 1. The third-order valence-electron chi connectivity index (χ3n) is 8.38. The van der Waals surface area contributed by atoms with Crippen LogP contribution < -0.4 is 0 Å². The summed E-state index contributed by atoms with van der Waals surface area (Å²) in [5, 5.41) is 30.9. The number of carbonyl (C=O) groups excluding carboxylic acids is 1. The summed E-state index contributed by atoms with van der Waals surface area (Å²) in [4.78, 5) is 13.1. The van der Waals surface area contributed by atoms with Crippen molar-refractivity contribution in [2.45, 2.75) is 82.9 Å².